The van der Waals surface area contributed by atoms with Crippen LogP contribution in [0.25, 0.3) is 0 Å². The van der Waals surface area contributed by atoms with Gasteiger partial charge in [0, 0.05) is 62.5 Å². The summed E-state index contributed by atoms with van der Waals surface area (Å²) < 4.78 is 2.23. The molecule has 0 spiro atoms. The molecule has 2 fully saturated rings. The van der Waals surface area contributed by atoms with Gasteiger partial charge in [-0.2, -0.15) is 16.9 Å². The Balaban J connectivity index is 1.58. The van der Waals surface area contributed by atoms with E-state index in [1.165, 1.54) is 74.4 Å². The molecule has 0 aromatic carbocycles. The molecule has 1 aromatic rings. The van der Waals surface area contributed by atoms with Crippen molar-refractivity contribution >= 4 is 17.7 Å². The molecule has 0 N–H and O–H groups in total. The first-order valence-corrected chi connectivity index (χ1v) is 11.9. The molecule has 150 valence electrons. The average molecular weight is 391 g/mol. The SMILES string of the molecule is CN(C)C(=O)c1nn(CC2CCCCC2)c2c1CC(N1CCSCC1)CC2. The summed E-state index contributed by atoms with van der Waals surface area (Å²) in [5.74, 6) is 3.30. The molecule has 1 aromatic heterocycles. The van der Waals surface area contributed by atoms with Gasteiger partial charge in [0.25, 0.3) is 5.91 Å². The van der Waals surface area contributed by atoms with Crippen molar-refractivity contribution in [1.82, 2.24) is 19.6 Å². The number of amides is 1. The Morgan fingerprint density at radius 3 is 2.59 bits per heavy atom. The second kappa shape index (κ2) is 8.56. The van der Waals surface area contributed by atoms with E-state index in [0.717, 1.165) is 31.0 Å². The minimum Gasteiger partial charge on any atom is -0.343 e. The van der Waals surface area contributed by atoms with Crippen LogP contribution < -0.4 is 0 Å². The van der Waals surface area contributed by atoms with Gasteiger partial charge < -0.3 is 4.90 Å². The topological polar surface area (TPSA) is 41.4 Å². The summed E-state index contributed by atoms with van der Waals surface area (Å²) in [7, 11) is 3.69. The molecule has 6 heteroatoms. The molecule has 0 bridgehead atoms. The first-order chi connectivity index (χ1) is 13.1. The minimum atomic E-state index is 0.0727. The molecule has 1 saturated carbocycles. The van der Waals surface area contributed by atoms with Gasteiger partial charge in [-0.25, -0.2) is 0 Å². The molecule has 2 aliphatic carbocycles. The van der Waals surface area contributed by atoms with Crippen molar-refractivity contribution in [2.45, 2.75) is 64.0 Å². The highest BCUT2D eigenvalue weighted by Crippen LogP contribution is 2.31. The predicted octanol–water partition coefficient (Wildman–Crippen LogP) is 3.07. The van der Waals surface area contributed by atoms with Crippen molar-refractivity contribution in [3.63, 3.8) is 0 Å². The zero-order valence-corrected chi connectivity index (χ0v) is 17.8. The molecule has 1 saturated heterocycles. The smallest absolute Gasteiger partial charge is 0.274 e. The second-order valence-electron chi connectivity index (χ2n) is 8.70. The lowest BCUT2D eigenvalue weighted by Gasteiger charge is -2.37. The Kier molecular flexibility index (Phi) is 6.12. The Morgan fingerprint density at radius 2 is 1.89 bits per heavy atom. The largest absolute Gasteiger partial charge is 0.343 e. The summed E-state index contributed by atoms with van der Waals surface area (Å²) in [6.45, 7) is 3.39. The third kappa shape index (κ3) is 4.21. The van der Waals surface area contributed by atoms with Crippen molar-refractivity contribution < 1.29 is 4.79 Å². The van der Waals surface area contributed by atoms with Crippen molar-refractivity contribution in [3.05, 3.63) is 17.0 Å². The number of carbonyl (C=O) groups excluding carboxylic acids is 1. The molecule has 1 amide bonds. The molecule has 27 heavy (non-hydrogen) atoms. The maximum Gasteiger partial charge on any atom is 0.274 e. The van der Waals surface area contributed by atoms with E-state index in [9.17, 15) is 4.79 Å². The number of hydrogen-bond donors (Lipinski definition) is 0. The Labute approximate surface area is 167 Å². The van der Waals surface area contributed by atoms with Gasteiger partial charge >= 0.3 is 0 Å². The monoisotopic (exact) mass is 390 g/mol. The molecule has 1 unspecified atom stereocenters. The fourth-order valence-electron chi connectivity index (χ4n) is 5.07. The molecule has 1 aliphatic heterocycles. The van der Waals surface area contributed by atoms with E-state index in [1.54, 1.807) is 4.90 Å². The summed E-state index contributed by atoms with van der Waals surface area (Å²) in [5, 5.41) is 4.89. The molecular formula is C21H34N4OS. The van der Waals surface area contributed by atoms with Crippen LogP contribution in [0.2, 0.25) is 0 Å². The van der Waals surface area contributed by atoms with Gasteiger partial charge in [-0.1, -0.05) is 19.3 Å². The lowest BCUT2D eigenvalue weighted by molar-refractivity contribution is 0.0819. The number of hydrogen-bond acceptors (Lipinski definition) is 4. The normalized spacial score (nSPS) is 24.6. The van der Waals surface area contributed by atoms with E-state index in [-0.39, 0.29) is 5.91 Å². The van der Waals surface area contributed by atoms with E-state index < -0.39 is 0 Å². The highest BCUT2D eigenvalue weighted by molar-refractivity contribution is 7.99. The number of carbonyl (C=O) groups is 1. The standard InChI is InChI=1S/C21H34N4OS/c1-23(2)21(26)20-18-14-17(24-10-12-27-13-11-24)8-9-19(18)25(22-20)15-16-6-4-3-5-7-16/h16-17H,3-15H2,1-2H3. The zero-order chi connectivity index (χ0) is 18.8. The van der Waals surface area contributed by atoms with Gasteiger partial charge in [0.2, 0.25) is 0 Å². The van der Waals surface area contributed by atoms with Gasteiger partial charge in [0.1, 0.15) is 0 Å². The molecule has 4 rings (SSSR count). The Bertz CT molecular complexity index is 659. The first-order valence-electron chi connectivity index (χ1n) is 10.8. The van der Waals surface area contributed by atoms with Crippen molar-refractivity contribution in [2.75, 3.05) is 38.7 Å². The fraction of sp³-hybridized carbons (Fsp3) is 0.810. The van der Waals surface area contributed by atoms with Crippen LogP contribution in [0.1, 0.15) is 60.3 Å². The van der Waals surface area contributed by atoms with Crippen molar-refractivity contribution in [2.24, 2.45) is 5.92 Å². The van der Waals surface area contributed by atoms with Crippen LogP contribution >= 0.6 is 11.8 Å². The Morgan fingerprint density at radius 1 is 1.15 bits per heavy atom. The van der Waals surface area contributed by atoms with Crippen LogP contribution in [-0.4, -0.2) is 70.2 Å². The van der Waals surface area contributed by atoms with Crippen LogP contribution in [0.5, 0.6) is 0 Å². The highest BCUT2D eigenvalue weighted by atomic mass is 32.2. The molecule has 1 atom stereocenters. The molecular weight excluding hydrogens is 356 g/mol. The Hall–Kier alpha value is -1.01. The van der Waals surface area contributed by atoms with Gasteiger partial charge in [-0.05, 0) is 38.0 Å². The van der Waals surface area contributed by atoms with E-state index in [4.69, 9.17) is 5.10 Å². The van der Waals surface area contributed by atoms with Crippen LogP contribution in [-0.2, 0) is 19.4 Å². The van der Waals surface area contributed by atoms with Gasteiger partial charge in [-0.15, -0.1) is 0 Å². The van der Waals surface area contributed by atoms with Gasteiger partial charge in [0.05, 0.1) is 0 Å². The quantitative estimate of drug-likeness (QED) is 0.792. The average Bonchev–Trinajstić information content (AvgIpc) is 3.06. The number of aromatic nitrogens is 2. The third-order valence-electron chi connectivity index (χ3n) is 6.65. The summed E-state index contributed by atoms with van der Waals surface area (Å²) in [6.07, 6.45) is 10.0. The summed E-state index contributed by atoms with van der Waals surface area (Å²) in [6, 6.07) is 0.583. The number of thioether (sulfide) groups is 1. The molecule has 5 nitrogen and oxygen atoms in total. The number of rotatable bonds is 4. The predicted molar refractivity (Wildman–Crippen MR) is 112 cm³/mol. The fourth-order valence-corrected chi connectivity index (χ4v) is 6.00. The lowest BCUT2D eigenvalue weighted by atomic mass is 9.88. The molecule has 2 heterocycles. The summed E-state index contributed by atoms with van der Waals surface area (Å²) in [4.78, 5) is 17.2. The second-order valence-corrected chi connectivity index (χ2v) is 9.93. The van der Waals surface area contributed by atoms with Crippen LogP contribution in [0.15, 0.2) is 0 Å². The van der Waals surface area contributed by atoms with E-state index >= 15 is 0 Å². The third-order valence-corrected chi connectivity index (χ3v) is 7.59. The summed E-state index contributed by atoms with van der Waals surface area (Å²) in [5.41, 5.74) is 3.33. The minimum absolute atomic E-state index is 0.0727. The lowest BCUT2D eigenvalue weighted by Crippen LogP contribution is -2.44. The molecule has 3 aliphatic rings. The van der Waals surface area contributed by atoms with E-state index in [2.05, 4.69) is 21.3 Å². The van der Waals surface area contributed by atoms with Crippen LogP contribution in [0, 0.1) is 5.92 Å². The van der Waals surface area contributed by atoms with Gasteiger partial charge in [-0.3, -0.25) is 14.4 Å². The number of fused-ring (bicyclic) bond motifs is 1. The van der Waals surface area contributed by atoms with Crippen molar-refractivity contribution in [3.8, 4) is 0 Å². The first kappa shape index (κ1) is 19.3. The highest BCUT2D eigenvalue weighted by Gasteiger charge is 2.33. The van der Waals surface area contributed by atoms with Gasteiger partial charge in [0.15, 0.2) is 5.69 Å². The van der Waals surface area contributed by atoms with E-state index in [0.29, 0.717) is 6.04 Å². The summed E-state index contributed by atoms with van der Waals surface area (Å²) >= 11 is 2.06. The maximum atomic E-state index is 12.8. The van der Waals surface area contributed by atoms with E-state index in [1.807, 2.05) is 14.1 Å². The van der Waals surface area contributed by atoms with Crippen LogP contribution in [0.4, 0.5) is 0 Å². The van der Waals surface area contributed by atoms with Crippen LogP contribution in [0.3, 0.4) is 0 Å². The van der Waals surface area contributed by atoms with Crippen molar-refractivity contribution in [1.29, 1.82) is 0 Å². The zero-order valence-electron chi connectivity index (χ0n) is 17.0. The maximum absolute atomic E-state index is 12.8. The number of nitrogens with zero attached hydrogens (tertiary/aromatic N) is 4. The molecule has 0 radical (unpaired) electrons.